The van der Waals surface area contributed by atoms with Crippen molar-refractivity contribution in [1.82, 2.24) is 0 Å². The predicted octanol–water partition coefficient (Wildman–Crippen LogP) is 2.79. The second kappa shape index (κ2) is 4.81. The average Bonchev–Trinajstić information content (AvgIpc) is 2.84. The minimum atomic E-state index is -0.0922. The molecule has 2 aromatic rings. The molecule has 0 saturated carbocycles. The number of rotatable bonds is 1. The Hall–Kier alpha value is -2.49. The highest BCUT2D eigenvalue weighted by molar-refractivity contribution is 6.08. The van der Waals surface area contributed by atoms with E-state index in [1.165, 1.54) is 0 Å². The summed E-state index contributed by atoms with van der Waals surface area (Å²) >= 11 is 0. The monoisotopic (exact) mass is 282 g/mol. The number of aryl methyl sites for hydroxylation is 1. The Balaban J connectivity index is 2.03. The van der Waals surface area contributed by atoms with Crippen LogP contribution in [0.5, 0.6) is 5.75 Å². The van der Waals surface area contributed by atoms with Crippen molar-refractivity contribution in [3.05, 3.63) is 52.6 Å². The van der Waals surface area contributed by atoms with Crippen LogP contribution in [-0.2, 0) is 6.42 Å². The molecule has 1 heterocycles. The smallest absolute Gasteiger partial charge is 0.258 e. The number of hydrogen-bond acceptors (Lipinski definition) is 3. The molecule has 0 fully saturated rings. The minimum absolute atomic E-state index is 0.0922. The minimum Gasteiger partial charge on any atom is -0.508 e. The number of anilines is 2. The molecular formula is C17H18N2O2. The van der Waals surface area contributed by atoms with E-state index in [1.54, 1.807) is 30.0 Å². The molecule has 3 rings (SSSR count). The molecule has 1 aliphatic heterocycles. The number of fused-ring (bicyclic) bond motifs is 1. The zero-order chi connectivity index (χ0) is 15.1. The van der Waals surface area contributed by atoms with Gasteiger partial charge in [0.2, 0.25) is 0 Å². The molecule has 0 aliphatic carbocycles. The third kappa shape index (κ3) is 2.13. The number of nitrogens with zero attached hydrogens (tertiary/aromatic N) is 1. The normalized spacial score (nSPS) is 13.3. The Morgan fingerprint density at radius 2 is 2.05 bits per heavy atom. The van der Waals surface area contributed by atoms with Crippen LogP contribution in [0, 0.1) is 13.8 Å². The molecule has 4 heteroatoms. The second-order valence-electron chi connectivity index (χ2n) is 5.49. The van der Waals surface area contributed by atoms with Gasteiger partial charge in [-0.3, -0.25) is 4.79 Å². The topological polar surface area (TPSA) is 66.6 Å². The van der Waals surface area contributed by atoms with Crippen molar-refractivity contribution in [3.8, 4) is 5.75 Å². The zero-order valence-electron chi connectivity index (χ0n) is 12.2. The van der Waals surface area contributed by atoms with Crippen LogP contribution in [0.4, 0.5) is 11.4 Å². The van der Waals surface area contributed by atoms with Crippen molar-refractivity contribution >= 4 is 17.3 Å². The third-order valence-corrected chi connectivity index (χ3v) is 4.14. The molecule has 0 atom stereocenters. The van der Waals surface area contributed by atoms with E-state index in [2.05, 4.69) is 0 Å². The van der Waals surface area contributed by atoms with Gasteiger partial charge in [0, 0.05) is 29.0 Å². The van der Waals surface area contributed by atoms with Crippen LogP contribution in [0.15, 0.2) is 30.3 Å². The van der Waals surface area contributed by atoms with Crippen molar-refractivity contribution in [3.63, 3.8) is 0 Å². The fraction of sp³-hybridized carbons (Fsp3) is 0.235. The lowest BCUT2D eigenvalue weighted by Gasteiger charge is -2.19. The number of nitrogens with two attached hydrogens (primary N) is 1. The van der Waals surface area contributed by atoms with Crippen LogP contribution >= 0.6 is 0 Å². The van der Waals surface area contributed by atoms with Crippen molar-refractivity contribution < 1.29 is 9.90 Å². The molecule has 0 spiro atoms. The average molecular weight is 282 g/mol. The molecule has 4 nitrogen and oxygen atoms in total. The molecule has 1 aliphatic rings. The molecule has 108 valence electrons. The highest BCUT2D eigenvalue weighted by atomic mass is 16.3. The molecule has 0 bridgehead atoms. The zero-order valence-corrected chi connectivity index (χ0v) is 12.2. The highest BCUT2D eigenvalue weighted by Gasteiger charge is 2.27. The lowest BCUT2D eigenvalue weighted by molar-refractivity contribution is 0.0988. The molecule has 3 N–H and O–H groups in total. The van der Waals surface area contributed by atoms with E-state index in [4.69, 9.17) is 5.73 Å². The van der Waals surface area contributed by atoms with Gasteiger partial charge >= 0.3 is 0 Å². The maximum Gasteiger partial charge on any atom is 0.258 e. The third-order valence-electron chi connectivity index (χ3n) is 4.14. The predicted molar refractivity (Wildman–Crippen MR) is 83.8 cm³/mol. The largest absolute Gasteiger partial charge is 0.508 e. The van der Waals surface area contributed by atoms with E-state index in [0.29, 0.717) is 23.4 Å². The lowest BCUT2D eigenvalue weighted by atomic mass is 10.1. The SMILES string of the molecule is Cc1cc2c(cc1N)N(C(=O)c1cccc(O)c1C)CC2. The first-order valence-electron chi connectivity index (χ1n) is 6.98. The first-order valence-corrected chi connectivity index (χ1v) is 6.98. The Bertz CT molecular complexity index is 738. The molecular weight excluding hydrogens is 264 g/mol. The number of hydrogen-bond donors (Lipinski definition) is 2. The van der Waals surface area contributed by atoms with Gasteiger partial charge in [0.1, 0.15) is 5.75 Å². The summed E-state index contributed by atoms with van der Waals surface area (Å²) in [6.07, 6.45) is 0.833. The summed E-state index contributed by atoms with van der Waals surface area (Å²) < 4.78 is 0. The van der Waals surface area contributed by atoms with Gasteiger partial charge in [0.15, 0.2) is 0 Å². The number of benzene rings is 2. The standard InChI is InChI=1S/C17H18N2O2/c1-10-8-12-6-7-19(15(12)9-14(10)18)17(21)13-4-3-5-16(20)11(13)2/h3-5,8-9,20H,6-7,18H2,1-2H3. The van der Waals surface area contributed by atoms with Crippen molar-refractivity contribution in [2.75, 3.05) is 17.2 Å². The number of aromatic hydroxyl groups is 1. The van der Waals surface area contributed by atoms with Crippen LogP contribution in [0.3, 0.4) is 0 Å². The van der Waals surface area contributed by atoms with Crippen molar-refractivity contribution in [1.29, 1.82) is 0 Å². The van der Waals surface area contributed by atoms with E-state index >= 15 is 0 Å². The van der Waals surface area contributed by atoms with Crippen LogP contribution in [0.1, 0.15) is 27.0 Å². The number of carbonyl (C=O) groups is 1. The van der Waals surface area contributed by atoms with Crippen LogP contribution in [0.2, 0.25) is 0 Å². The highest BCUT2D eigenvalue weighted by Crippen LogP contribution is 2.34. The Labute approximate surface area is 123 Å². The van der Waals surface area contributed by atoms with Gasteiger partial charge in [-0.1, -0.05) is 12.1 Å². The fourth-order valence-electron chi connectivity index (χ4n) is 2.79. The van der Waals surface area contributed by atoms with Crippen molar-refractivity contribution in [2.45, 2.75) is 20.3 Å². The first kappa shape index (κ1) is 13.5. The molecule has 2 aromatic carbocycles. The van der Waals surface area contributed by atoms with Crippen molar-refractivity contribution in [2.24, 2.45) is 0 Å². The quantitative estimate of drug-likeness (QED) is 0.790. The van der Waals surface area contributed by atoms with E-state index < -0.39 is 0 Å². The molecule has 21 heavy (non-hydrogen) atoms. The Kier molecular flexibility index (Phi) is 3.09. The van der Waals surface area contributed by atoms with Gasteiger partial charge in [-0.05, 0) is 49.6 Å². The summed E-state index contributed by atoms with van der Waals surface area (Å²) in [7, 11) is 0. The summed E-state index contributed by atoms with van der Waals surface area (Å²) in [5, 5.41) is 9.78. The number of phenols is 1. The van der Waals surface area contributed by atoms with Gasteiger partial charge in [-0.2, -0.15) is 0 Å². The summed E-state index contributed by atoms with van der Waals surface area (Å²) in [4.78, 5) is 14.5. The summed E-state index contributed by atoms with van der Waals surface area (Å²) in [5.74, 6) is 0.0501. The Morgan fingerprint density at radius 3 is 2.81 bits per heavy atom. The summed E-state index contributed by atoms with van der Waals surface area (Å²) in [6, 6.07) is 8.94. The van der Waals surface area contributed by atoms with Crippen LogP contribution in [0.25, 0.3) is 0 Å². The molecule has 0 unspecified atom stereocenters. The van der Waals surface area contributed by atoms with E-state index in [0.717, 1.165) is 23.2 Å². The van der Waals surface area contributed by atoms with Gasteiger partial charge in [0.05, 0.1) is 0 Å². The van der Waals surface area contributed by atoms with Gasteiger partial charge in [-0.15, -0.1) is 0 Å². The van der Waals surface area contributed by atoms with Gasteiger partial charge < -0.3 is 15.7 Å². The number of carbonyl (C=O) groups excluding carboxylic acids is 1. The summed E-state index contributed by atoms with van der Waals surface area (Å²) in [6.45, 7) is 4.37. The molecule has 1 amide bonds. The fourth-order valence-corrected chi connectivity index (χ4v) is 2.79. The lowest BCUT2D eigenvalue weighted by Crippen LogP contribution is -2.29. The van der Waals surface area contributed by atoms with E-state index in [1.807, 2.05) is 19.1 Å². The number of amides is 1. The second-order valence-corrected chi connectivity index (χ2v) is 5.49. The molecule has 0 saturated heterocycles. The number of phenolic OH excluding ortho intramolecular Hbond substituents is 1. The molecule has 0 radical (unpaired) electrons. The number of nitrogen functional groups attached to an aromatic ring is 1. The first-order chi connectivity index (χ1) is 9.99. The van der Waals surface area contributed by atoms with Gasteiger partial charge in [-0.25, -0.2) is 0 Å². The maximum atomic E-state index is 12.8. The van der Waals surface area contributed by atoms with Gasteiger partial charge in [0.25, 0.3) is 5.91 Å². The van der Waals surface area contributed by atoms with E-state index in [-0.39, 0.29) is 11.7 Å². The molecule has 0 aromatic heterocycles. The van der Waals surface area contributed by atoms with E-state index in [9.17, 15) is 9.90 Å². The van der Waals surface area contributed by atoms with Crippen LogP contribution in [-0.4, -0.2) is 17.6 Å². The summed E-state index contributed by atoms with van der Waals surface area (Å²) in [5.41, 5.74) is 10.9. The Morgan fingerprint density at radius 1 is 1.29 bits per heavy atom. The maximum absolute atomic E-state index is 12.8. The van der Waals surface area contributed by atoms with Crippen LogP contribution < -0.4 is 10.6 Å².